The predicted molar refractivity (Wildman–Crippen MR) is 170 cm³/mol. The molecular weight excluding hydrogens is 522 g/mol. The Bertz CT molecular complexity index is 1930. The van der Waals surface area contributed by atoms with Crippen molar-refractivity contribution in [3.8, 4) is 0 Å². The minimum Gasteiger partial charge on any atom is -0.464 e. The molecule has 0 saturated carbocycles. The number of fused-ring (bicyclic) bond motifs is 6. The first-order valence-electron chi connectivity index (χ1n) is 13.9. The average Bonchev–Trinajstić information content (AvgIpc) is 2.99. The van der Waals surface area contributed by atoms with Crippen LogP contribution in [0.15, 0.2) is 115 Å². The minimum absolute atomic E-state index is 0.00705. The topological polar surface area (TPSA) is 64.6 Å². The van der Waals surface area contributed by atoms with E-state index < -0.39 is 17.7 Å². The summed E-state index contributed by atoms with van der Waals surface area (Å²) in [5.41, 5.74) is 1.38. The first-order chi connectivity index (χ1) is 20.2. The van der Waals surface area contributed by atoms with E-state index in [9.17, 15) is 9.59 Å². The van der Waals surface area contributed by atoms with Gasteiger partial charge in [-0.3, -0.25) is 5.32 Å². The average molecular weight is 554 g/mol. The summed E-state index contributed by atoms with van der Waals surface area (Å²) in [7, 11) is 1.31. The number of benzene rings is 6. The van der Waals surface area contributed by atoms with Crippen molar-refractivity contribution in [1.82, 2.24) is 5.32 Å². The van der Waals surface area contributed by atoms with Gasteiger partial charge in [0, 0.05) is 5.57 Å². The van der Waals surface area contributed by atoms with Crippen LogP contribution in [0.1, 0.15) is 31.9 Å². The Morgan fingerprint density at radius 1 is 0.595 bits per heavy atom. The van der Waals surface area contributed by atoms with Crippen molar-refractivity contribution in [2.75, 3.05) is 7.11 Å². The maximum absolute atomic E-state index is 13.7. The molecule has 5 heteroatoms. The maximum atomic E-state index is 13.7. The van der Waals surface area contributed by atoms with Crippen LogP contribution in [-0.2, 0) is 14.3 Å². The van der Waals surface area contributed by atoms with E-state index in [0.717, 1.165) is 54.2 Å². The van der Waals surface area contributed by atoms with Crippen molar-refractivity contribution < 1.29 is 19.1 Å². The monoisotopic (exact) mass is 553 g/mol. The van der Waals surface area contributed by atoms with E-state index in [1.165, 1.54) is 7.11 Å². The lowest BCUT2D eigenvalue weighted by Gasteiger charge is -2.23. The molecule has 6 aromatic rings. The van der Waals surface area contributed by atoms with Crippen LogP contribution >= 0.6 is 0 Å². The highest BCUT2D eigenvalue weighted by Gasteiger charge is 2.27. The first-order valence-corrected chi connectivity index (χ1v) is 13.9. The summed E-state index contributed by atoms with van der Waals surface area (Å²) in [6.45, 7) is 5.34. The van der Waals surface area contributed by atoms with Crippen LogP contribution in [0.5, 0.6) is 0 Å². The third kappa shape index (κ3) is 4.94. The van der Waals surface area contributed by atoms with Crippen LogP contribution in [-0.4, -0.2) is 24.8 Å². The molecule has 0 heterocycles. The van der Waals surface area contributed by atoms with E-state index in [1.807, 2.05) is 60.7 Å². The molecule has 5 nitrogen and oxygen atoms in total. The van der Waals surface area contributed by atoms with E-state index in [4.69, 9.17) is 9.47 Å². The third-order valence-corrected chi connectivity index (χ3v) is 7.34. The van der Waals surface area contributed by atoms with Crippen molar-refractivity contribution in [2.24, 2.45) is 0 Å². The Morgan fingerprint density at radius 2 is 1.00 bits per heavy atom. The Balaban J connectivity index is 1.79. The molecule has 6 aromatic carbocycles. The van der Waals surface area contributed by atoms with Crippen LogP contribution in [0.4, 0.5) is 4.79 Å². The SMILES string of the molecule is COC(=O)C(NC(=O)OC(C)(C)C)=C(c1cc2ccccc2c2ccccc12)c1cc2ccccc2c2ccccc12. The van der Waals surface area contributed by atoms with Gasteiger partial charge in [0.15, 0.2) is 0 Å². The number of alkyl carbamates (subject to hydrolysis) is 1. The maximum Gasteiger partial charge on any atom is 0.412 e. The zero-order valence-corrected chi connectivity index (χ0v) is 24.0. The lowest BCUT2D eigenvalue weighted by atomic mass is 9.85. The molecule has 0 aliphatic rings. The number of nitrogens with one attached hydrogen (secondary N) is 1. The van der Waals surface area contributed by atoms with E-state index >= 15 is 0 Å². The van der Waals surface area contributed by atoms with Crippen LogP contribution < -0.4 is 5.32 Å². The van der Waals surface area contributed by atoms with Crippen molar-refractivity contribution in [2.45, 2.75) is 26.4 Å². The van der Waals surface area contributed by atoms with E-state index in [0.29, 0.717) is 5.57 Å². The number of hydrogen-bond acceptors (Lipinski definition) is 4. The van der Waals surface area contributed by atoms with Gasteiger partial charge in [0.25, 0.3) is 0 Å². The second kappa shape index (κ2) is 10.7. The number of carbonyl (C=O) groups excluding carboxylic acids is 2. The second-order valence-corrected chi connectivity index (χ2v) is 11.3. The fourth-order valence-corrected chi connectivity index (χ4v) is 5.66. The van der Waals surface area contributed by atoms with Crippen LogP contribution in [0.3, 0.4) is 0 Å². The zero-order valence-electron chi connectivity index (χ0n) is 24.0. The molecule has 42 heavy (non-hydrogen) atoms. The van der Waals surface area contributed by atoms with Gasteiger partial charge in [0.2, 0.25) is 0 Å². The van der Waals surface area contributed by atoms with Gasteiger partial charge >= 0.3 is 12.1 Å². The molecule has 0 fully saturated rings. The third-order valence-electron chi connectivity index (χ3n) is 7.34. The molecule has 1 amide bonds. The van der Waals surface area contributed by atoms with Crippen molar-refractivity contribution in [1.29, 1.82) is 0 Å². The molecule has 0 bridgehead atoms. The minimum atomic E-state index is -0.767. The quantitative estimate of drug-likeness (QED) is 0.135. The Labute approximate surface area is 244 Å². The number of rotatable bonds is 4. The standard InChI is InChI=1S/C37H31NO4/c1-37(2,3)42-36(40)38-34(35(39)41-4)33(31-21-23-13-5-7-15-25(23)27-17-9-11-19-29(27)31)32-22-24-14-6-8-16-26(24)28-18-10-12-20-30(28)32/h5-22H,1-4H3,(H,38,40). The molecule has 0 aliphatic carbocycles. The Kier molecular flexibility index (Phi) is 6.87. The summed E-state index contributed by atoms with van der Waals surface area (Å²) in [6, 6.07) is 36.7. The highest BCUT2D eigenvalue weighted by molar-refractivity contribution is 6.20. The molecule has 6 rings (SSSR count). The van der Waals surface area contributed by atoms with Crippen LogP contribution in [0, 0.1) is 0 Å². The first kappa shape index (κ1) is 27.0. The molecular formula is C37H31NO4. The van der Waals surface area contributed by atoms with Crippen molar-refractivity contribution in [3.05, 3.63) is 126 Å². The molecule has 0 spiro atoms. The summed E-state index contributed by atoms with van der Waals surface area (Å²) in [4.78, 5) is 26.9. The molecule has 0 atom stereocenters. The molecule has 0 aliphatic heterocycles. The van der Waals surface area contributed by atoms with Gasteiger partial charge < -0.3 is 9.47 Å². The number of esters is 1. The fourth-order valence-electron chi connectivity index (χ4n) is 5.66. The Hall–Kier alpha value is -5.16. The molecule has 0 radical (unpaired) electrons. The summed E-state index contributed by atoms with van der Waals surface area (Å²) >= 11 is 0. The lowest BCUT2D eigenvalue weighted by molar-refractivity contribution is -0.136. The number of hydrogen-bond donors (Lipinski definition) is 1. The van der Waals surface area contributed by atoms with Gasteiger partial charge in [-0.05, 0) is 87.1 Å². The largest absolute Gasteiger partial charge is 0.464 e. The van der Waals surface area contributed by atoms with Gasteiger partial charge in [-0.25, -0.2) is 9.59 Å². The zero-order chi connectivity index (χ0) is 29.4. The van der Waals surface area contributed by atoms with Gasteiger partial charge in [-0.15, -0.1) is 0 Å². The van der Waals surface area contributed by atoms with Crippen molar-refractivity contribution in [3.63, 3.8) is 0 Å². The highest BCUT2D eigenvalue weighted by atomic mass is 16.6. The van der Waals surface area contributed by atoms with E-state index in [1.54, 1.807) is 20.8 Å². The number of amides is 1. The van der Waals surface area contributed by atoms with Crippen LogP contribution in [0.2, 0.25) is 0 Å². The fraction of sp³-hybridized carbons (Fsp3) is 0.135. The van der Waals surface area contributed by atoms with E-state index in [2.05, 4.69) is 53.8 Å². The second-order valence-electron chi connectivity index (χ2n) is 11.3. The smallest absolute Gasteiger partial charge is 0.412 e. The summed E-state index contributed by atoms with van der Waals surface area (Å²) in [6.07, 6.45) is -0.740. The number of carbonyl (C=O) groups is 2. The normalized spacial score (nSPS) is 11.5. The molecule has 0 aromatic heterocycles. The lowest BCUT2D eigenvalue weighted by Crippen LogP contribution is -2.35. The van der Waals surface area contributed by atoms with Gasteiger partial charge in [0.1, 0.15) is 11.3 Å². The van der Waals surface area contributed by atoms with Gasteiger partial charge in [-0.2, -0.15) is 0 Å². The predicted octanol–water partition coefficient (Wildman–Crippen LogP) is 8.76. The summed E-state index contributed by atoms with van der Waals surface area (Å²) in [5.74, 6) is -0.676. The van der Waals surface area contributed by atoms with E-state index in [-0.39, 0.29) is 5.70 Å². The molecule has 0 saturated heterocycles. The highest BCUT2D eigenvalue weighted by Crippen LogP contribution is 2.41. The molecule has 1 N–H and O–H groups in total. The molecule has 0 unspecified atom stereocenters. The van der Waals surface area contributed by atoms with Gasteiger partial charge in [0.05, 0.1) is 7.11 Å². The van der Waals surface area contributed by atoms with Gasteiger partial charge in [-0.1, -0.05) is 97.1 Å². The van der Waals surface area contributed by atoms with Crippen LogP contribution in [0.25, 0.3) is 48.7 Å². The summed E-state index contributed by atoms with van der Waals surface area (Å²) < 4.78 is 10.9. The molecule has 208 valence electrons. The van der Waals surface area contributed by atoms with Crippen molar-refractivity contribution >= 4 is 60.7 Å². The summed E-state index contributed by atoms with van der Waals surface area (Å²) in [5, 5.41) is 11.0. The number of methoxy groups -OCH3 is 1. The number of ether oxygens (including phenoxy) is 2. The Morgan fingerprint density at radius 3 is 1.43 bits per heavy atom.